The van der Waals surface area contributed by atoms with Gasteiger partial charge in [0.1, 0.15) is 11.6 Å². The number of nitrogens with one attached hydrogen (secondary N) is 2. The zero-order chi connectivity index (χ0) is 13.0. The molecular formula is C13H19Cl2N3. The van der Waals surface area contributed by atoms with Crippen LogP contribution in [-0.2, 0) is 0 Å². The molecule has 0 radical (unpaired) electrons. The Labute approximate surface area is 118 Å². The van der Waals surface area contributed by atoms with Gasteiger partial charge in [0.2, 0.25) is 0 Å². The molecule has 0 saturated heterocycles. The maximum atomic E-state index is 6.14. The predicted octanol–water partition coefficient (Wildman–Crippen LogP) is 4.42. The molecule has 100 valence electrons. The summed E-state index contributed by atoms with van der Waals surface area (Å²) in [5.41, 5.74) is 0. The highest BCUT2D eigenvalue weighted by Crippen LogP contribution is 2.30. The monoisotopic (exact) mass is 287 g/mol. The third-order valence-electron chi connectivity index (χ3n) is 3.45. The number of anilines is 2. The Kier molecular flexibility index (Phi) is 4.95. The van der Waals surface area contributed by atoms with Crippen LogP contribution in [0.15, 0.2) is 6.07 Å². The molecule has 1 aromatic rings. The van der Waals surface area contributed by atoms with Crippen molar-refractivity contribution in [3.63, 3.8) is 0 Å². The lowest BCUT2D eigenvalue weighted by Crippen LogP contribution is -2.18. The van der Waals surface area contributed by atoms with Gasteiger partial charge in [0.05, 0.1) is 10.0 Å². The van der Waals surface area contributed by atoms with E-state index >= 15 is 0 Å². The van der Waals surface area contributed by atoms with Gasteiger partial charge in [0, 0.05) is 13.6 Å². The van der Waals surface area contributed by atoms with Crippen molar-refractivity contribution in [2.24, 2.45) is 5.92 Å². The van der Waals surface area contributed by atoms with Gasteiger partial charge in [-0.15, -0.1) is 0 Å². The van der Waals surface area contributed by atoms with Gasteiger partial charge in [0.15, 0.2) is 0 Å². The van der Waals surface area contributed by atoms with Crippen molar-refractivity contribution in [2.45, 2.75) is 32.1 Å². The van der Waals surface area contributed by atoms with Crippen LogP contribution in [0.3, 0.4) is 0 Å². The van der Waals surface area contributed by atoms with Crippen LogP contribution in [-0.4, -0.2) is 18.6 Å². The van der Waals surface area contributed by atoms with Gasteiger partial charge < -0.3 is 10.6 Å². The fourth-order valence-electron chi connectivity index (χ4n) is 2.40. The molecular weight excluding hydrogens is 269 g/mol. The molecule has 0 aromatic carbocycles. The van der Waals surface area contributed by atoms with Crippen LogP contribution < -0.4 is 10.6 Å². The standard InChI is InChI=1S/C13H19Cl2N3/c1-16-12-10(14)7-11(15)13(18-12)17-8-9-5-3-2-4-6-9/h7,9H,2-6,8H2,1H3,(H2,16,17,18). The normalized spacial score (nSPS) is 16.6. The summed E-state index contributed by atoms with van der Waals surface area (Å²) < 4.78 is 0. The van der Waals surface area contributed by atoms with Crippen LogP contribution in [0.1, 0.15) is 32.1 Å². The molecule has 2 rings (SSSR count). The second-order valence-corrected chi connectivity index (χ2v) is 5.60. The van der Waals surface area contributed by atoms with Gasteiger partial charge in [-0.05, 0) is 24.8 Å². The molecule has 0 atom stereocenters. The van der Waals surface area contributed by atoms with Gasteiger partial charge in [-0.3, -0.25) is 0 Å². The van der Waals surface area contributed by atoms with E-state index in [1.165, 1.54) is 32.1 Å². The number of hydrogen-bond acceptors (Lipinski definition) is 3. The van der Waals surface area contributed by atoms with E-state index in [1.807, 2.05) is 0 Å². The first kappa shape index (κ1) is 13.8. The lowest BCUT2D eigenvalue weighted by molar-refractivity contribution is 0.373. The highest BCUT2D eigenvalue weighted by molar-refractivity contribution is 6.37. The molecule has 2 N–H and O–H groups in total. The lowest BCUT2D eigenvalue weighted by atomic mass is 9.89. The summed E-state index contributed by atoms with van der Waals surface area (Å²) in [5.74, 6) is 2.12. The Morgan fingerprint density at radius 2 is 1.83 bits per heavy atom. The van der Waals surface area contributed by atoms with Crippen molar-refractivity contribution in [3.05, 3.63) is 16.1 Å². The topological polar surface area (TPSA) is 37.0 Å². The average Bonchev–Trinajstić information content (AvgIpc) is 2.39. The summed E-state index contributed by atoms with van der Waals surface area (Å²) >= 11 is 12.2. The Morgan fingerprint density at radius 1 is 1.17 bits per heavy atom. The third-order valence-corrected chi connectivity index (χ3v) is 4.03. The molecule has 1 aliphatic carbocycles. The summed E-state index contributed by atoms with van der Waals surface area (Å²) in [6, 6.07) is 1.73. The van der Waals surface area contributed by atoms with Crippen LogP contribution in [0.2, 0.25) is 10.0 Å². The Morgan fingerprint density at radius 3 is 2.50 bits per heavy atom. The third kappa shape index (κ3) is 3.42. The Hall–Kier alpha value is -0.670. The minimum absolute atomic E-state index is 0.547. The molecule has 1 saturated carbocycles. The summed E-state index contributed by atoms with van der Waals surface area (Å²) in [5, 5.41) is 7.43. The van der Waals surface area contributed by atoms with E-state index in [2.05, 4.69) is 15.6 Å². The smallest absolute Gasteiger partial charge is 0.147 e. The van der Waals surface area contributed by atoms with Crippen molar-refractivity contribution in [2.75, 3.05) is 24.2 Å². The highest BCUT2D eigenvalue weighted by atomic mass is 35.5. The van der Waals surface area contributed by atoms with Gasteiger partial charge >= 0.3 is 0 Å². The first-order chi connectivity index (χ1) is 8.70. The molecule has 18 heavy (non-hydrogen) atoms. The first-order valence-corrected chi connectivity index (χ1v) is 7.24. The molecule has 1 aromatic heterocycles. The van der Waals surface area contributed by atoms with Crippen LogP contribution in [0.25, 0.3) is 0 Å². The van der Waals surface area contributed by atoms with E-state index in [0.29, 0.717) is 15.9 Å². The maximum absolute atomic E-state index is 6.14. The van der Waals surface area contributed by atoms with Gasteiger partial charge in [-0.25, -0.2) is 4.98 Å². The molecule has 0 bridgehead atoms. The molecule has 0 unspecified atom stereocenters. The molecule has 5 heteroatoms. The predicted molar refractivity (Wildman–Crippen MR) is 78.9 cm³/mol. The van der Waals surface area contributed by atoms with Crippen molar-refractivity contribution in [3.8, 4) is 0 Å². The van der Waals surface area contributed by atoms with E-state index in [9.17, 15) is 0 Å². The summed E-state index contributed by atoms with van der Waals surface area (Å²) in [4.78, 5) is 4.39. The minimum atomic E-state index is 0.547. The minimum Gasteiger partial charge on any atom is -0.372 e. The van der Waals surface area contributed by atoms with Crippen LogP contribution in [0, 0.1) is 5.92 Å². The van der Waals surface area contributed by atoms with Gasteiger partial charge in [0.25, 0.3) is 0 Å². The van der Waals surface area contributed by atoms with Crippen molar-refractivity contribution in [1.82, 2.24) is 4.98 Å². The van der Waals surface area contributed by atoms with Crippen molar-refractivity contribution < 1.29 is 0 Å². The molecule has 0 aliphatic heterocycles. The Balaban J connectivity index is 1.99. The number of nitrogens with zero attached hydrogens (tertiary/aromatic N) is 1. The fraction of sp³-hybridized carbons (Fsp3) is 0.615. The zero-order valence-electron chi connectivity index (χ0n) is 10.6. The van der Waals surface area contributed by atoms with Crippen molar-refractivity contribution in [1.29, 1.82) is 0 Å². The van der Waals surface area contributed by atoms with E-state index in [4.69, 9.17) is 23.2 Å². The molecule has 1 heterocycles. The maximum Gasteiger partial charge on any atom is 0.147 e. The molecule has 0 amide bonds. The second-order valence-electron chi connectivity index (χ2n) is 4.78. The average molecular weight is 288 g/mol. The molecule has 1 aliphatic rings. The molecule has 0 spiro atoms. The molecule has 3 nitrogen and oxygen atoms in total. The largest absolute Gasteiger partial charge is 0.372 e. The SMILES string of the molecule is CNc1nc(NCC2CCCCC2)c(Cl)cc1Cl. The van der Waals surface area contributed by atoms with Gasteiger partial charge in [-0.1, -0.05) is 42.5 Å². The van der Waals surface area contributed by atoms with E-state index in [-0.39, 0.29) is 0 Å². The van der Waals surface area contributed by atoms with Gasteiger partial charge in [-0.2, -0.15) is 0 Å². The summed E-state index contributed by atoms with van der Waals surface area (Å²) in [7, 11) is 1.80. The quantitative estimate of drug-likeness (QED) is 0.861. The first-order valence-electron chi connectivity index (χ1n) is 6.48. The molecule has 1 fully saturated rings. The highest BCUT2D eigenvalue weighted by Gasteiger charge is 2.14. The lowest BCUT2D eigenvalue weighted by Gasteiger charge is -2.22. The fourth-order valence-corrected chi connectivity index (χ4v) is 2.92. The zero-order valence-corrected chi connectivity index (χ0v) is 12.1. The van der Waals surface area contributed by atoms with Crippen molar-refractivity contribution >= 4 is 34.8 Å². The second kappa shape index (κ2) is 6.48. The van der Waals surface area contributed by atoms with E-state index in [1.54, 1.807) is 13.1 Å². The van der Waals surface area contributed by atoms with Crippen LogP contribution >= 0.6 is 23.2 Å². The van der Waals surface area contributed by atoms with E-state index < -0.39 is 0 Å². The number of halogens is 2. The number of hydrogen-bond donors (Lipinski definition) is 2. The van der Waals surface area contributed by atoms with Crippen LogP contribution in [0.5, 0.6) is 0 Å². The number of rotatable bonds is 4. The van der Waals surface area contributed by atoms with Crippen LogP contribution in [0.4, 0.5) is 11.6 Å². The summed E-state index contributed by atoms with van der Waals surface area (Å²) in [6.45, 7) is 0.942. The van der Waals surface area contributed by atoms with E-state index in [0.717, 1.165) is 18.3 Å². The number of aromatic nitrogens is 1. The Bertz CT molecular complexity index is 403. The summed E-state index contributed by atoms with van der Waals surface area (Å²) in [6.07, 6.45) is 6.67. The number of pyridine rings is 1.